The smallest absolute Gasteiger partial charge is 0.351 e. The van der Waals surface area contributed by atoms with Gasteiger partial charge in [0.15, 0.2) is 6.10 Å². The van der Waals surface area contributed by atoms with Gasteiger partial charge in [-0.2, -0.15) is 0 Å². The predicted molar refractivity (Wildman–Crippen MR) is 98.6 cm³/mol. The number of nitrogens with zero attached hydrogens (tertiary/aromatic N) is 1. The Morgan fingerprint density at radius 3 is 2.69 bits per heavy atom. The van der Waals surface area contributed by atoms with Gasteiger partial charge in [0.05, 0.1) is 16.4 Å². The summed E-state index contributed by atoms with van der Waals surface area (Å²) in [6.45, 7) is 1.45. The Balaban J connectivity index is 1.68. The quantitative estimate of drug-likeness (QED) is 0.649. The van der Waals surface area contributed by atoms with Crippen molar-refractivity contribution in [2.45, 2.75) is 13.0 Å². The van der Waals surface area contributed by atoms with Gasteiger partial charge in [-0.1, -0.05) is 11.6 Å². The molecule has 26 heavy (non-hydrogen) atoms. The molecular weight excluding hydrogens is 379 g/mol. The molecule has 2 heterocycles. The third kappa shape index (κ3) is 3.95. The zero-order valence-corrected chi connectivity index (χ0v) is 15.2. The Morgan fingerprint density at radius 2 is 2.00 bits per heavy atom. The van der Waals surface area contributed by atoms with Crippen molar-refractivity contribution in [2.24, 2.45) is 0 Å². The number of carbonyl (C=O) groups is 2. The van der Waals surface area contributed by atoms with Gasteiger partial charge in [0.2, 0.25) is 0 Å². The highest BCUT2D eigenvalue weighted by atomic mass is 35.5. The summed E-state index contributed by atoms with van der Waals surface area (Å²) in [7, 11) is 0. The third-order valence-corrected chi connectivity index (χ3v) is 4.75. The van der Waals surface area contributed by atoms with Crippen LogP contribution < -0.4 is 5.32 Å². The van der Waals surface area contributed by atoms with E-state index in [-0.39, 0.29) is 10.7 Å². The highest BCUT2D eigenvalue weighted by Crippen LogP contribution is 2.24. The van der Waals surface area contributed by atoms with Gasteiger partial charge < -0.3 is 14.6 Å². The molecule has 0 aliphatic rings. The number of hydrogen-bond acceptors (Lipinski definition) is 4. The van der Waals surface area contributed by atoms with Gasteiger partial charge >= 0.3 is 5.97 Å². The van der Waals surface area contributed by atoms with E-state index in [1.807, 2.05) is 24.5 Å². The Bertz CT molecular complexity index is 940. The fraction of sp³-hybridized carbons (Fsp3) is 0.111. The number of aromatic nitrogens is 1. The minimum atomic E-state index is -1.05. The van der Waals surface area contributed by atoms with Crippen LogP contribution in [-0.4, -0.2) is 22.5 Å². The highest BCUT2D eigenvalue weighted by Gasteiger charge is 2.23. The lowest BCUT2D eigenvalue weighted by Gasteiger charge is -2.14. The van der Waals surface area contributed by atoms with Crippen LogP contribution in [0.3, 0.4) is 0 Å². The Kier molecular flexibility index (Phi) is 5.39. The van der Waals surface area contributed by atoms with Gasteiger partial charge in [0, 0.05) is 12.4 Å². The monoisotopic (exact) mass is 392 g/mol. The molecule has 1 unspecified atom stereocenters. The van der Waals surface area contributed by atoms with Crippen molar-refractivity contribution in [1.82, 2.24) is 4.57 Å². The molecule has 0 bridgehead atoms. The lowest BCUT2D eigenvalue weighted by molar-refractivity contribution is -0.123. The molecule has 5 nitrogen and oxygen atoms in total. The van der Waals surface area contributed by atoms with Gasteiger partial charge in [0.25, 0.3) is 5.91 Å². The van der Waals surface area contributed by atoms with E-state index in [1.54, 1.807) is 16.0 Å². The molecule has 134 valence electrons. The Labute approximate surface area is 158 Å². The summed E-state index contributed by atoms with van der Waals surface area (Å²) in [4.78, 5) is 25.0. The minimum absolute atomic E-state index is 0.0602. The first-order chi connectivity index (χ1) is 12.5. The van der Waals surface area contributed by atoms with E-state index in [2.05, 4.69) is 5.32 Å². The van der Waals surface area contributed by atoms with Crippen LogP contribution in [0.15, 0.2) is 54.2 Å². The summed E-state index contributed by atoms with van der Waals surface area (Å²) in [5.41, 5.74) is 0.921. The van der Waals surface area contributed by atoms with E-state index >= 15 is 0 Å². The van der Waals surface area contributed by atoms with E-state index in [0.29, 0.717) is 10.6 Å². The van der Waals surface area contributed by atoms with Crippen LogP contribution in [-0.2, 0) is 9.53 Å². The molecule has 3 aromatic rings. The lowest BCUT2D eigenvalue weighted by Crippen LogP contribution is -2.30. The summed E-state index contributed by atoms with van der Waals surface area (Å²) < 4.78 is 20.1. The van der Waals surface area contributed by atoms with Crippen LogP contribution in [0.1, 0.15) is 16.6 Å². The number of esters is 1. The molecule has 1 amide bonds. The molecule has 1 atom stereocenters. The van der Waals surface area contributed by atoms with Gasteiger partial charge in [-0.25, -0.2) is 9.18 Å². The Hall–Kier alpha value is -2.64. The van der Waals surface area contributed by atoms with Crippen molar-refractivity contribution in [1.29, 1.82) is 0 Å². The van der Waals surface area contributed by atoms with Crippen molar-refractivity contribution in [3.63, 3.8) is 0 Å². The molecule has 1 N–H and O–H groups in total. The van der Waals surface area contributed by atoms with E-state index in [4.69, 9.17) is 16.3 Å². The maximum atomic E-state index is 13.1. The van der Waals surface area contributed by atoms with Crippen LogP contribution in [0, 0.1) is 5.82 Å². The predicted octanol–water partition coefficient (Wildman–Crippen LogP) is 4.52. The topological polar surface area (TPSA) is 60.3 Å². The number of nitrogens with one attached hydrogen (secondary N) is 1. The first kappa shape index (κ1) is 18.2. The van der Waals surface area contributed by atoms with Crippen LogP contribution in [0.5, 0.6) is 0 Å². The highest BCUT2D eigenvalue weighted by molar-refractivity contribution is 7.12. The van der Waals surface area contributed by atoms with Crippen molar-refractivity contribution < 1.29 is 18.7 Å². The zero-order valence-electron chi connectivity index (χ0n) is 13.6. The number of thiophene rings is 1. The molecular formula is C18H14ClFN2O3S. The fourth-order valence-corrected chi connectivity index (χ4v) is 3.23. The summed E-state index contributed by atoms with van der Waals surface area (Å²) in [6.07, 6.45) is 2.57. The maximum Gasteiger partial charge on any atom is 0.351 e. The van der Waals surface area contributed by atoms with Crippen molar-refractivity contribution >= 4 is 40.5 Å². The second-order valence-corrected chi connectivity index (χ2v) is 6.71. The standard InChI is InChI=1S/C18H14ClFN2O3S/c1-11(17(23)21-14-5-4-12(20)10-13(14)19)25-18(24)16-15(6-9-26-16)22-7-2-3-8-22/h2-11H,1H3,(H,21,23). The molecule has 3 rings (SSSR count). The summed E-state index contributed by atoms with van der Waals surface area (Å²) >= 11 is 7.11. The molecule has 0 radical (unpaired) electrons. The van der Waals surface area contributed by atoms with Crippen molar-refractivity contribution in [2.75, 3.05) is 5.32 Å². The summed E-state index contributed by atoms with van der Waals surface area (Å²) in [5, 5.41) is 4.35. The molecule has 0 aliphatic heterocycles. The second kappa shape index (κ2) is 7.72. The largest absolute Gasteiger partial charge is 0.448 e. The number of benzene rings is 1. The summed E-state index contributed by atoms with van der Waals surface area (Å²) in [5.74, 6) is -1.68. The molecule has 0 saturated heterocycles. The molecule has 2 aromatic heterocycles. The molecule has 1 aromatic carbocycles. The Morgan fingerprint density at radius 1 is 1.27 bits per heavy atom. The van der Waals surface area contributed by atoms with Crippen LogP contribution >= 0.6 is 22.9 Å². The van der Waals surface area contributed by atoms with Crippen molar-refractivity contribution in [3.05, 3.63) is 69.9 Å². The van der Waals surface area contributed by atoms with Crippen LogP contribution in [0.4, 0.5) is 10.1 Å². The number of amides is 1. The second-order valence-electron chi connectivity index (χ2n) is 5.39. The lowest BCUT2D eigenvalue weighted by atomic mass is 10.3. The van der Waals surface area contributed by atoms with E-state index in [0.717, 1.165) is 6.07 Å². The maximum absolute atomic E-state index is 13.1. The van der Waals surface area contributed by atoms with Crippen molar-refractivity contribution in [3.8, 4) is 5.69 Å². The number of carbonyl (C=O) groups excluding carboxylic acids is 2. The number of hydrogen-bond donors (Lipinski definition) is 1. The molecule has 0 saturated carbocycles. The number of ether oxygens (including phenoxy) is 1. The average molecular weight is 393 g/mol. The zero-order chi connectivity index (χ0) is 18.7. The number of rotatable bonds is 5. The molecule has 0 aliphatic carbocycles. The third-order valence-electron chi connectivity index (χ3n) is 3.55. The normalized spacial score (nSPS) is 11.8. The van der Waals surface area contributed by atoms with Gasteiger partial charge in [-0.3, -0.25) is 4.79 Å². The first-order valence-corrected chi connectivity index (χ1v) is 8.89. The van der Waals surface area contributed by atoms with Gasteiger partial charge in [-0.15, -0.1) is 11.3 Å². The van der Waals surface area contributed by atoms with E-state index in [1.165, 1.54) is 30.4 Å². The molecule has 8 heteroatoms. The van der Waals surface area contributed by atoms with Crippen LogP contribution in [0.25, 0.3) is 5.69 Å². The molecule has 0 spiro atoms. The van der Waals surface area contributed by atoms with E-state index < -0.39 is 23.8 Å². The summed E-state index contributed by atoms with van der Waals surface area (Å²) in [6, 6.07) is 9.08. The first-order valence-electron chi connectivity index (χ1n) is 7.63. The average Bonchev–Trinajstić information content (AvgIpc) is 3.27. The molecule has 0 fully saturated rings. The number of halogens is 2. The number of anilines is 1. The van der Waals surface area contributed by atoms with Gasteiger partial charge in [0.1, 0.15) is 10.7 Å². The van der Waals surface area contributed by atoms with Crippen LogP contribution in [0.2, 0.25) is 5.02 Å². The SMILES string of the molecule is CC(OC(=O)c1sccc1-n1cccc1)C(=O)Nc1ccc(F)cc1Cl. The van der Waals surface area contributed by atoms with E-state index in [9.17, 15) is 14.0 Å². The fourth-order valence-electron chi connectivity index (χ4n) is 2.25. The minimum Gasteiger partial charge on any atom is -0.448 e. The van der Waals surface area contributed by atoms with Gasteiger partial charge in [-0.05, 0) is 48.7 Å².